The van der Waals surface area contributed by atoms with E-state index in [-0.39, 0.29) is 24.1 Å². The molecule has 0 unspecified atom stereocenters. The van der Waals surface area contributed by atoms with Gasteiger partial charge >= 0.3 is 6.09 Å². The number of likely N-dealkylation sites (tertiary alicyclic amines) is 1. The highest BCUT2D eigenvalue weighted by atomic mass is 16.5. The Morgan fingerprint density at radius 3 is 2.29 bits per heavy atom. The lowest BCUT2D eigenvalue weighted by atomic mass is 10.0. The molecule has 1 saturated heterocycles. The van der Waals surface area contributed by atoms with Crippen molar-refractivity contribution >= 4 is 12.0 Å². The summed E-state index contributed by atoms with van der Waals surface area (Å²) in [6.07, 6.45) is 0.657. The van der Waals surface area contributed by atoms with E-state index in [2.05, 4.69) is 10.6 Å². The van der Waals surface area contributed by atoms with Crippen molar-refractivity contribution in [3.8, 4) is 0 Å². The maximum Gasteiger partial charge on any atom is 0.407 e. The normalized spacial score (nSPS) is 18.2. The molecule has 2 aromatic carbocycles. The molecule has 1 aliphatic rings. The van der Waals surface area contributed by atoms with E-state index in [1.165, 1.54) is 0 Å². The van der Waals surface area contributed by atoms with Crippen LogP contribution in [-0.4, -0.2) is 58.8 Å². The fourth-order valence-electron chi connectivity index (χ4n) is 4.23. The summed E-state index contributed by atoms with van der Waals surface area (Å²) in [7, 11) is 0. The Morgan fingerprint density at radius 1 is 1.06 bits per heavy atom. The van der Waals surface area contributed by atoms with Crippen LogP contribution in [-0.2, 0) is 22.6 Å². The molecule has 3 atom stereocenters. The lowest BCUT2D eigenvalue weighted by molar-refractivity contribution is -0.127. The standard InChI is InChI=1S/C27H37N3O4/c1-27(2,3)29-25(32)23-15-10-16-30(23)18-24(31)22(17-20-11-6-4-7-12-20)28-26(33)34-19-21-13-8-5-9-14-21/h4-9,11-14,22-24,31H,10,15-19H2,1-3H3,(H,28,33)(H,29,32)/t22-,23-,24+/m0/s1. The van der Waals surface area contributed by atoms with Crippen molar-refractivity contribution in [3.63, 3.8) is 0 Å². The minimum Gasteiger partial charge on any atom is -0.445 e. The monoisotopic (exact) mass is 467 g/mol. The first-order chi connectivity index (χ1) is 16.2. The Morgan fingerprint density at radius 2 is 1.68 bits per heavy atom. The average molecular weight is 468 g/mol. The number of benzene rings is 2. The molecule has 1 aliphatic heterocycles. The molecule has 7 heteroatoms. The first kappa shape index (κ1) is 25.7. The second kappa shape index (κ2) is 12.0. The Kier molecular flexibility index (Phi) is 9.07. The van der Waals surface area contributed by atoms with Crippen molar-refractivity contribution in [1.29, 1.82) is 0 Å². The Labute approximate surface area is 202 Å². The molecule has 7 nitrogen and oxygen atoms in total. The van der Waals surface area contributed by atoms with Crippen molar-refractivity contribution in [3.05, 3.63) is 71.8 Å². The summed E-state index contributed by atoms with van der Waals surface area (Å²) in [6.45, 7) is 7.05. The van der Waals surface area contributed by atoms with Crippen molar-refractivity contribution in [2.45, 2.75) is 70.4 Å². The van der Waals surface area contributed by atoms with E-state index >= 15 is 0 Å². The zero-order valence-corrected chi connectivity index (χ0v) is 20.4. The molecule has 1 fully saturated rings. The van der Waals surface area contributed by atoms with Gasteiger partial charge in [-0.05, 0) is 57.7 Å². The van der Waals surface area contributed by atoms with Gasteiger partial charge in [-0.3, -0.25) is 9.69 Å². The van der Waals surface area contributed by atoms with Gasteiger partial charge in [0, 0.05) is 12.1 Å². The molecule has 3 N–H and O–H groups in total. The van der Waals surface area contributed by atoms with Gasteiger partial charge < -0.3 is 20.5 Å². The molecular weight excluding hydrogens is 430 g/mol. The van der Waals surface area contributed by atoms with E-state index in [0.717, 1.165) is 30.5 Å². The van der Waals surface area contributed by atoms with Crippen molar-refractivity contribution < 1.29 is 19.4 Å². The number of hydrogen-bond donors (Lipinski definition) is 3. The number of carbonyl (C=O) groups is 2. The van der Waals surface area contributed by atoms with Crippen LogP contribution in [0.1, 0.15) is 44.7 Å². The van der Waals surface area contributed by atoms with Gasteiger partial charge in [0.25, 0.3) is 0 Å². The van der Waals surface area contributed by atoms with Gasteiger partial charge in [-0.2, -0.15) is 0 Å². The highest BCUT2D eigenvalue weighted by Gasteiger charge is 2.35. The zero-order valence-electron chi connectivity index (χ0n) is 20.4. The highest BCUT2D eigenvalue weighted by Crippen LogP contribution is 2.20. The molecule has 2 amide bonds. The molecule has 1 heterocycles. The number of hydrogen-bond acceptors (Lipinski definition) is 5. The lowest BCUT2D eigenvalue weighted by Gasteiger charge is -2.32. The molecular formula is C27H37N3O4. The molecule has 0 radical (unpaired) electrons. The number of rotatable bonds is 9. The number of carbonyl (C=O) groups excluding carboxylic acids is 2. The van der Waals surface area contributed by atoms with E-state index in [1.807, 2.05) is 86.3 Å². The molecule has 0 spiro atoms. The van der Waals surface area contributed by atoms with Gasteiger partial charge in [0.2, 0.25) is 5.91 Å². The van der Waals surface area contributed by atoms with Gasteiger partial charge in [0.05, 0.1) is 18.2 Å². The smallest absolute Gasteiger partial charge is 0.407 e. The number of β-amino-alcohol motifs (C(OH)–C–C–N with tert-alkyl or cyclic N) is 1. The highest BCUT2D eigenvalue weighted by molar-refractivity contribution is 5.82. The Hall–Kier alpha value is -2.90. The molecule has 0 saturated carbocycles. The summed E-state index contributed by atoms with van der Waals surface area (Å²) in [5, 5.41) is 17.1. The van der Waals surface area contributed by atoms with Gasteiger partial charge in [0.1, 0.15) is 6.61 Å². The summed E-state index contributed by atoms with van der Waals surface area (Å²) in [5.74, 6) is -0.0213. The first-order valence-corrected chi connectivity index (χ1v) is 12.0. The fourth-order valence-corrected chi connectivity index (χ4v) is 4.23. The summed E-state index contributed by atoms with van der Waals surface area (Å²) in [5.41, 5.74) is 1.57. The van der Waals surface area contributed by atoms with Crippen molar-refractivity contribution in [1.82, 2.24) is 15.5 Å². The topological polar surface area (TPSA) is 90.9 Å². The summed E-state index contributed by atoms with van der Waals surface area (Å²) < 4.78 is 5.39. The Bertz CT molecular complexity index is 914. The zero-order chi connectivity index (χ0) is 24.6. The summed E-state index contributed by atoms with van der Waals surface area (Å²) in [4.78, 5) is 27.4. The van der Waals surface area contributed by atoms with Crippen LogP contribution in [0.25, 0.3) is 0 Å². The largest absolute Gasteiger partial charge is 0.445 e. The van der Waals surface area contributed by atoms with E-state index in [1.54, 1.807) is 0 Å². The van der Waals surface area contributed by atoms with Crippen LogP contribution in [0.15, 0.2) is 60.7 Å². The fraction of sp³-hybridized carbons (Fsp3) is 0.481. The van der Waals surface area contributed by atoms with E-state index in [0.29, 0.717) is 13.0 Å². The van der Waals surface area contributed by atoms with Gasteiger partial charge in [0.15, 0.2) is 0 Å². The van der Waals surface area contributed by atoms with E-state index in [9.17, 15) is 14.7 Å². The van der Waals surface area contributed by atoms with Crippen LogP contribution < -0.4 is 10.6 Å². The molecule has 0 bridgehead atoms. The second-order valence-corrected chi connectivity index (χ2v) is 9.96. The van der Waals surface area contributed by atoms with Crippen molar-refractivity contribution in [2.24, 2.45) is 0 Å². The number of nitrogens with zero attached hydrogens (tertiary/aromatic N) is 1. The summed E-state index contributed by atoms with van der Waals surface area (Å²) in [6, 6.07) is 18.3. The van der Waals surface area contributed by atoms with Crippen LogP contribution >= 0.6 is 0 Å². The number of nitrogens with one attached hydrogen (secondary N) is 2. The van der Waals surface area contributed by atoms with Gasteiger partial charge in [-0.1, -0.05) is 60.7 Å². The number of amides is 2. The number of aliphatic hydroxyl groups is 1. The predicted octanol–water partition coefficient (Wildman–Crippen LogP) is 3.26. The molecule has 34 heavy (non-hydrogen) atoms. The average Bonchev–Trinajstić information content (AvgIpc) is 3.26. The molecule has 3 rings (SSSR count). The van der Waals surface area contributed by atoms with Crippen LogP contribution in [0, 0.1) is 0 Å². The molecule has 184 valence electrons. The SMILES string of the molecule is CC(C)(C)NC(=O)[C@@H]1CCCN1C[C@@H](O)[C@H](Cc1ccccc1)NC(=O)OCc1ccccc1. The first-order valence-electron chi connectivity index (χ1n) is 12.0. The molecule has 2 aromatic rings. The molecule has 0 aliphatic carbocycles. The third-order valence-electron chi connectivity index (χ3n) is 5.86. The quantitative estimate of drug-likeness (QED) is 0.527. The summed E-state index contributed by atoms with van der Waals surface area (Å²) >= 11 is 0. The van der Waals surface area contributed by atoms with Crippen LogP contribution in [0.2, 0.25) is 0 Å². The van der Waals surface area contributed by atoms with E-state index < -0.39 is 18.2 Å². The minimum atomic E-state index is -0.868. The second-order valence-electron chi connectivity index (χ2n) is 9.96. The number of alkyl carbamates (subject to hydrolysis) is 1. The van der Waals surface area contributed by atoms with Gasteiger partial charge in [-0.25, -0.2) is 4.79 Å². The van der Waals surface area contributed by atoms with Crippen LogP contribution in [0.4, 0.5) is 4.79 Å². The van der Waals surface area contributed by atoms with Crippen molar-refractivity contribution in [2.75, 3.05) is 13.1 Å². The minimum absolute atomic E-state index is 0.0213. The third-order valence-corrected chi connectivity index (χ3v) is 5.86. The number of aliphatic hydroxyl groups excluding tert-OH is 1. The maximum atomic E-state index is 12.8. The maximum absolute atomic E-state index is 12.8. The Balaban J connectivity index is 1.64. The number of ether oxygens (including phenoxy) is 1. The van der Waals surface area contributed by atoms with Crippen LogP contribution in [0.3, 0.4) is 0 Å². The van der Waals surface area contributed by atoms with E-state index in [4.69, 9.17) is 4.74 Å². The van der Waals surface area contributed by atoms with Crippen LogP contribution in [0.5, 0.6) is 0 Å². The van der Waals surface area contributed by atoms with Gasteiger partial charge in [-0.15, -0.1) is 0 Å². The third kappa shape index (κ3) is 8.15. The lowest BCUT2D eigenvalue weighted by Crippen LogP contribution is -2.54. The molecule has 0 aromatic heterocycles. The predicted molar refractivity (Wildman–Crippen MR) is 132 cm³/mol.